The molecular formula is C11H16F3N3. The summed E-state index contributed by atoms with van der Waals surface area (Å²) in [6.45, 7) is 4.22. The van der Waals surface area contributed by atoms with Gasteiger partial charge in [0.25, 0.3) is 0 Å². The molecule has 0 bridgehead atoms. The summed E-state index contributed by atoms with van der Waals surface area (Å²) in [7, 11) is 0. The average Bonchev–Trinajstić information content (AvgIpc) is 2.28. The molecule has 0 spiro atoms. The molecule has 3 nitrogen and oxygen atoms in total. The Bertz CT molecular complexity index is 355. The quantitative estimate of drug-likeness (QED) is 0.860. The zero-order valence-electron chi connectivity index (χ0n) is 9.80. The van der Waals surface area contributed by atoms with Gasteiger partial charge in [-0.15, -0.1) is 0 Å². The molecule has 0 saturated heterocycles. The van der Waals surface area contributed by atoms with Gasteiger partial charge in [-0.3, -0.25) is 0 Å². The molecule has 0 aliphatic rings. The van der Waals surface area contributed by atoms with Gasteiger partial charge in [-0.25, -0.2) is 4.98 Å². The second-order valence-electron chi connectivity index (χ2n) is 4.17. The van der Waals surface area contributed by atoms with Gasteiger partial charge >= 0.3 is 6.18 Å². The predicted molar refractivity (Wildman–Crippen MR) is 60.6 cm³/mol. The molecule has 1 heterocycles. The summed E-state index contributed by atoms with van der Waals surface area (Å²) in [4.78, 5) is 3.74. The van der Waals surface area contributed by atoms with E-state index in [1.807, 2.05) is 13.8 Å². The minimum Gasteiger partial charge on any atom is -0.364 e. The zero-order chi connectivity index (χ0) is 13.1. The topological polar surface area (TPSA) is 50.9 Å². The molecule has 0 aliphatic carbocycles. The minimum absolute atomic E-state index is 0.354. The van der Waals surface area contributed by atoms with Gasteiger partial charge in [0.05, 0.1) is 5.56 Å². The van der Waals surface area contributed by atoms with Crippen LogP contribution < -0.4 is 11.1 Å². The molecule has 17 heavy (non-hydrogen) atoms. The molecular weight excluding hydrogens is 231 g/mol. The van der Waals surface area contributed by atoms with Gasteiger partial charge in [0, 0.05) is 18.3 Å². The highest BCUT2D eigenvalue weighted by Gasteiger charge is 2.31. The molecule has 0 fully saturated rings. The first kappa shape index (κ1) is 13.8. The molecule has 1 unspecified atom stereocenters. The number of aromatic nitrogens is 1. The third-order valence-corrected chi connectivity index (χ3v) is 2.75. The molecule has 1 atom stereocenters. The molecule has 96 valence electrons. The summed E-state index contributed by atoms with van der Waals surface area (Å²) in [6.07, 6.45) is -2.78. The van der Waals surface area contributed by atoms with Gasteiger partial charge < -0.3 is 11.1 Å². The maximum atomic E-state index is 12.3. The highest BCUT2D eigenvalue weighted by molar-refractivity contribution is 5.39. The van der Waals surface area contributed by atoms with Crippen molar-refractivity contribution in [3.63, 3.8) is 0 Å². The van der Waals surface area contributed by atoms with Crippen molar-refractivity contribution in [3.8, 4) is 0 Å². The largest absolute Gasteiger partial charge is 0.417 e. The van der Waals surface area contributed by atoms with Crippen LogP contribution in [0.1, 0.15) is 25.8 Å². The third-order valence-electron chi connectivity index (χ3n) is 2.75. The van der Waals surface area contributed by atoms with Crippen LogP contribution in [0.25, 0.3) is 0 Å². The molecule has 1 rings (SSSR count). The van der Waals surface area contributed by atoms with Crippen LogP contribution in [0.15, 0.2) is 18.3 Å². The van der Waals surface area contributed by atoms with Crippen molar-refractivity contribution in [2.75, 3.05) is 11.9 Å². The maximum absolute atomic E-state index is 12.3. The fraction of sp³-hybridized carbons (Fsp3) is 0.545. The lowest BCUT2D eigenvalue weighted by Crippen LogP contribution is -2.42. The van der Waals surface area contributed by atoms with E-state index < -0.39 is 11.7 Å². The highest BCUT2D eigenvalue weighted by Crippen LogP contribution is 2.29. The van der Waals surface area contributed by atoms with Gasteiger partial charge in [-0.2, -0.15) is 13.2 Å². The molecule has 0 aliphatic heterocycles. The number of anilines is 1. The lowest BCUT2D eigenvalue weighted by Gasteiger charge is -2.28. The van der Waals surface area contributed by atoms with Crippen molar-refractivity contribution in [3.05, 3.63) is 23.9 Å². The van der Waals surface area contributed by atoms with E-state index in [4.69, 9.17) is 5.73 Å². The number of alkyl halides is 3. The van der Waals surface area contributed by atoms with Crippen molar-refractivity contribution in [1.29, 1.82) is 0 Å². The fourth-order valence-corrected chi connectivity index (χ4v) is 1.23. The monoisotopic (exact) mass is 247 g/mol. The summed E-state index contributed by atoms with van der Waals surface area (Å²) in [6, 6.07) is 2.31. The van der Waals surface area contributed by atoms with Crippen molar-refractivity contribution >= 4 is 5.82 Å². The first-order valence-corrected chi connectivity index (χ1v) is 5.32. The summed E-state index contributed by atoms with van der Waals surface area (Å²) < 4.78 is 36.9. The van der Waals surface area contributed by atoms with E-state index in [0.717, 1.165) is 18.7 Å². The van der Waals surface area contributed by atoms with Crippen LogP contribution in [-0.2, 0) is 6.18 Å². The number of nitrogens with zero attached hydrogens (tertiary/aromatic N) is 1. The molecule has 0 saturated carbocycles. The van der Waals surface area contributed by atoms with Crippen LogP contribution in [0.4, 0.5) is 19.0 Å². The van der Waals surface area contributed by atoms with Crippen LogP contribution in [0, 0.1) is 0 Å². The summed E-state index contributed by atoms with van der Waals surface area (Å²) >= 11 is 0. The van der Waals surface area contributed by atoms with Crippen LogP contribution in [-0.4, -0.2) is 17.1 Å². The Hall–Kier alpha value is -1.30. The number of hydrogen-bond donors (Lipinski definition) is 2. The molecule has 1 aromatic heterocycles. The second kappa shape index (κ2) is 4.91. The van der Waals surface area contributed by atoms with Gasteiger partial charge in [0.2, 0.25) is 0 Å². The predicted octanol–water partition coefficient (Wildman–Crippen LogP) is 2.64. The number of hydrogen-bond acceptors (Lipinski definition) is 3. The van der Waals surface area contributed by atoms with E-state index >= 15 is 0 Å². The molecule has 0 amide bonds. The normalized spacial score (nSPS) is 15.4. The average molecular weight is 247 g/mol. The van der Waals surface area contributed by atoms with Gasteiger partial charge in [0.15, 0.2) is 0 Å². The van der Waals surface area contributed by atoms with E-state index in [1.54, 1.807) is 0 Å². The fourth-order valence-electron chi connectivity index (χ4n) is 1.23. The Morgan fingerprint density at radius 2 is 2.00 bits per heavy atom. The Balaban J connectivity index is 2.82. The lowest BCUT2D eigenvalue weighted by atomic mass is 9.99. The number of pyridine rings is 1. The zero-order valence-corrected chi connectivity index (χ0v) is 9.80. The van der Waals surface area contributed by atoms with Crippen LogP contribution >= 0.6 is 0 Å². The lowest BCUT2D eigenvalue weighted by molar-refractivity contribution is -0.137. The van der Waals surface area contributed by atoms with E-state index in [2.05, 4.69) is 10.3 Å². The van der Waals surface area contributed by atoms with E-state index in [9.17, 15) is 13.2 Å². The maximum Gasteiger partial charge on any atom is 0.417 e. The first-order chi connectivity index (χ1) is 7.80. The van der Waals surface area contributed by atoms with E-state index in [1.165, 1.54) is 6.07 Å². The Morgan fingerprint density at radius 3 is 2.35 bits per heavy atom. The van der Waals surface area contributed by atoms with Gasteiger partial charge in [-0.1, -0.05) is 6.92 Å². The molecule has 6 heteroatoms. The Kier molecular flexibility index (Phi) is 3.98. The molecule has 0 radical (unpaired) electrons. The first-order valence-electron chi connectivity index (χ1n) is 5.32. The number of rotatable bonds is 4. The third kappa shape index (κ3) is 3.59. The molecule has 0 aromatic carbocycles. The minimum atomic E-state index is -4.35. The molecule has 3 N–H and O–H groups in total. The van der Waals surface area contributed by atoms with E-state index in [-0.39, 0.29) is 5.54 Å². The summed E-state index contributed by atoms with van der Waals surface area (Å²) in [5, 5.41) is 3.03. The smallest absolute Gasteiger partial charge is 0.364 e. The molecule has 1 aromatic rings. The van der Waals surface area contributed by atoms with Crippen molar-refractivity contribution in [2.24, 2.45) is 5.73 Å². The second-order valence-corrected chi connectivity index (χ2v) is 4.17. The van der Waals surface area contributed by atoms with Gasteiger partial charge in [0.1, 0.15) is 5.82 Å². The summed E-state index contributed by atoms with van der Waals surface area (Å²) in [5.74, 6) is 0.396. The Morgan fingerprint density at radius 1 is 1.35 bits per heavy atom. The highest BCUT2D eigenvalue weighted by atomic mass is 19.4. The number of halogens is 3. The van der Waals surface area contributed by atoms with Crippen LogP contribution in [0.2, 0.25) is 0 Å². The van der Waals surface area contributed by atoms with E-state index in [0.29, 0.717) is 12.4 Å². The van der Waals surface area contributed by atoms with Crippen molar-refractivity contribution in [1.82, 2.24) is 4.98 Å². The van der Waals surface area contributed by atoms with Crippen LogP contribution in [0.3, 0.4) is 0 Å². The van der Waals surface area contributed by atoms with Crippen LogP contribution in [0.5, 0.6) is 0 Å². The van der Waals surface area contributed by atoms with Crippen molar-refractivity contribution in [2.45, 2.75) is 32.0 Å². The van der Waals surface area contributed by atoms with Crippen molar-refractivity contribution < 1.29 is 13.2 Å². The number of nitrogens with one attached hydrogen (secondary N) is 1. The van der Waals surface area contributed by atoms with Gasteiger partial charge in [-0.05, 0) is 25.5 Å². The SMILES string of the molecule is CCC(C)(CN)Nc1ccc(C(F)(F)F)cn1. The Labute approximate surface area is 98.2 Å². The standard InChI is InChI=1S/C11H16F3N3/c1-3-10(2,7-15)17-9-5-4-8(6-16-9)11(12,13)14/h4-6H,3,7,15H2,1-2H3,(H,16,17). The number of nitrogens with two attached hydrogens (primary N) is 1. The summed E-state index contributed by atoms with van der Waals surface area (Å²) in [5.41, 5.74) is 4.48.